The van der Waals surface area contributed by atoms with Gasteiger partial charge in [0, 0.05) is 51.8 Å². The molecule has 0 aromatic heterocycles. The molecule has 0 spiro atoms. The van der Waals surface area contributed by atoms with Gasteiger partial charge in [-0.3, -0.25) is 9.89 Å². The van der Waals surface area contributed by atoms with E-state index >= 15 is 0 Å². The summed E-state index contributed by atoms with van der Waals surface area (Å²) in [6, 6.07) is 8.90. The lowest BCUT2D eigenvalue weighted by Gasteiger charge is -2.37. The van der Waals surface area contributed by atoms with Gasteiger partial charge in [0.1, 0.15) is 0 Å². The molecule has 1 aromatic carbocycles. The van der Waals surface area contributed by atoms with Crippen LogP contribution in [0.1, 0.15) is 17.5 Å². The lowest BCUT2D eigenvalue weighted by atomic mass is 9.97. The summed E-state index contributed by atoms with van der Waals surface area (Å²) >= 11 is 0. The fourth-order valence-corrected chi connectivity index (χ4v) is 3.77. The van der Waals surface area contributed by atoms with E-state index in [4.69, 9.17) is 9.47 Å². The molecular weight excluding hydrogens is 328 g/mol. The van der Waals surface area contributed by atoms with Gasteiger partial charge in [-0.15, -0.1) is 0 Å². The van der Waals surface area contributed by atoms with Crippen molar-refractivity contribution >= 4 is 5.96 Å². The van der Waals surface area contributed by atoms with Crippen LogP contribution in [0, 0.1) is 12.8 Å². The molecule has 2 saturated heterocycles. The Kier molecular flexibility index (Phi) is 7.29. The Morgan fingerprint density at radius 3 is 2.69 bits per heavy atom. The van der Waals surface area contributed by atoms with Crippen LogP contribution in [0.5, 0.6) is 0 Å². The normalized spacial score (nSPS) is 23.0. The van der Waals surface area contributed by atoms with Crippen molar-refractivity contribution in [3.63, 3.8) is 0 Å². The number of guanidine groups is 1. The molecule has 0 saturated carbocycles. The molecule has 3 rings (SSSR count). The number of rotatable bonds is 6. The van der Waals surface area contributed by atoms with Crippen LogP contribution < -0.4 is 10.6 Å². The summed E-state index contributed by atoms with van der Waals surface area (Å²) < 4.78 is 11.2. The molecular formula is C20H32N4O2. The fraction of sp³-hybridized carbons (Fsp3) is 0.650. The first-order valence-corrected chi connectivity index (χ1v) is 9.66. The Labute approximate surface area is 157 Å². The van der Waals surface area contributed by atoms with E-state index in [0.717, 1.165) is 65.0 Å². The summed E-state index contributed by atoms with van der Waals surface area (Å²) in [5.41, 5.74) is 2.59. The van der Waals surface area contributed by atoms with Gasteiger partial charge in [0.25, 0.3) is 0 Å². The van der Waals surface area contributed by atoms with E-state index in [1.807, 2.05) is 7.05 Å². The number of benzene rings is 1. The van der Waals surface area contributed by atoms with Crippen molar-refractivity contribution in [1.29, 1.82) is 0 Å². The molecule has 0 radical (unpaired) electrons. The van der Waals surface area contributed by atoms with Crippen molar-refractivity contribution in [3.05, 3.63) is 35.4 Å². The second-order valence-corrected chi connectivity index (χ2v) is 7.07. The van der Waals surface area contributed by atoms with Gasteiger partial charge >= 0.3 is 0 Å². The molecule has 0 amide bonds. The Balaban J connectivity index is 1.54. The summed E-state index contributed by atoms with van der Waals surface area (Å²) in [5.74, 6) is 1.43. The quantitative estimate of drug-likeness (QED) is 0.593. The predicted octanol–water partition coefficient (Wildman–Crippen LogP) is 1.40. The van der Waals surface area contributed by atoms with Gasteiger partial charge in [0.15, 0.2) is 5.96 Å². The summed E-state index contributed by atoms with van der Waals surface area (Å²) in [6.45, 7) is 9.18. The Morgan fingerprint density at radius 2 is 2.00 bits per heavy atom. The van der Waals surface area contributed by atoms with Crippen molar-refractivity contribution in [1.82, 2.24) is 15.5 Å². The molecule has 144 valence electrons. The second-order valence-electron chi connectivity index (χ2n) is 7.07. The fourth-order valence-electron chi connectivity index (χ4n) is 3.77. The van der Waals surface area contributed by atoms with E-state index in [0.29, 0.717) is 12.0 Å². The van der Waals surface area contributed by atoms with E-state index in [1.54, 1.807) is 0 Å². The van der Waals surface area contributed by atoms with E-state index in [1.165, 1.54) is 11.1 Å². The largest absolute Gasteiger partial charge is 0.381 e. The number of aliphatic imine (C=N–C) groups is 1. The van der Waals surface area contributed by atoms with Gasteiger partial charge in [-0.1, -0.05) is 24.3 Å². The first kappa shape index (κ1) is 19.1. The summed E-state index contributed by atoms with van der Waals surface area (Å²) in [4.78, 5) is 6.94. The molecule has 2 N–H and O–H groups in total. The van der Waals surface area contributed by atoms with Crippen LogP contribution in [-0.4, -0.2) is 70.0 Å². The highest BCUT2D eigenvalue weighted by Gasteiger charge is 2.31. The Hall–Kier alpha value is -1.63. The van der Waals surface area contributed by atoms with Gasteiger partial charge < -0.3 is 20.1 Å². The third-order valence-corrected chi connectivity index (χ3v) is 5.43. The van der Waals surface area contributed by atoms with Crippen molar-refractivity contribution in [3.8, 4) is 0 Å². The molecule has 2 fully saturated rings. The predicted molar refractivity (Wildman–Crippen MR) is 104 cm³/mol. The summed E-state index contributed by atoms with van der Waals surface area (Å²) in [6.07, 6.45) is 1.14. The molecule has 26 heavy (non-hydrogen) atoms. The molecule has 6 nitrogen and oxygen atoms in total. The molecule has 2 heterocycles. The Bertz CT molecular complexity index is 581. The number of morpholine rings is 1. The maximum atomic E-state index is 5.65. The van der Waals surface area contributed by atoms with Gasteiger partial charge in [-0.2, -0.15) is 0 Å². The zero-order chi connectivity index (χ0) is 18.2. The molecule has 2 aliphatic heterocycles. The van der Waals surface area contributed by atoms with Crippen LogP contribution in [0.3, 0.4) is 0 Å². The second kappa shape index (κ2) is 9.90. The van der Waals surface area contributed by atoms with Crippen LogP contribution in [-0.2, 0) is 16.0 Å². The molecule has 1 aromatic rings. The van der Waals surface area contributed by atoms with Crippen LogP contribution in [0.2, 0.25) is 0 Å². The smallest absolute Gasteiger partial charge is 0.191 e. The van der Waals surface area contributed by atoms with Gasteiger partial charge in [0.05, 0.1) is 19.8 Å². The highest BCUT2D eigenvalue weighted by atomic mass is 16.5. The third-order valence-electron chi connectivity index (χ3n) is 5.43. The molecule has 2 atom stereocenters. The summed E-state index contributed by atoms with van der Waals surface area (Å²) in [7, 11) is 1.83. The van der Waals surface area contributed by atoms with E-state index in [-0.39, 0.29) is 0 Å². The van der Waals surface area contributed by atoms with Crippen LogP contribution in [0.25, 0.3) is 0 Å². The number of aryl methyl sites for hydroxylation is 1. The van der Waals surface area contributed by atoms with Gasteiger partial charge in [-0.05, 0) is 24.5 Å². The van der Waals surface area contributed by atoms with Crippen LogP contribution in [0.15, 0.2) is 29.3 Å². The monoisotopic (exact) mass is 360 g/mol. The molecule has 0 bridgehead atoms. The standard InChI is InChI=1S/C20H32N4O2/c1-16-5-3-4-6-17(16)13-22-20(21-2)23-14-19(18-7-10-26-15-18)24-8-11-25-12-9-24/h3-6,18-19H,7-15H2,1-2H3,(H2,21,22,23). The number of hydrogen-bond donors (Lipinski definition) is 2. The molecule has 2 aliphatic rings. The first-order chi connectivity index (χ1) is 12.8. The van der Waals surface area contributed by atoms with E-state index in [2.05, 4.69) is 51.7 Å². The lowest BCUT2D eigenvalue weighted by Crippen LogP contribution is -2.53. The average Bonchev–Trinajstić information content (AvgIpc) is 3.21. The van der Waals surface area contributed by atoms with Crippen molar-refractivity contribution in [2.24, 2.45) is 10.9 Å². The topological polar surface area (TPSA) is 58.1 Å². The maximum Gasteiger partial charge on any atom is 0.191 e. The van der Waals surface area contributed by atoms with Gasteiger partial charge in [0.2, 0.25) is 0 Å². The SMILES string of the molecule is CN=C(NCc1ccccc1C)NCC(C1CCOC1)N1CCOCC1. The molecule has 6 heteroatoms. The first-order valence-electron chi connectivity index (χ1n) is 9.66. The minimum absolute atomic E-state index is 0.457. The molecule has 0 aliphatic carbocycles. The minimum atomic E-state index is 0.457. The third kappa shape index (κ3) is 5.19. The number of hydrogen-bond acceptors (Lipinski definition) is 4. The molecule has 2 unspecified atom stereocenters. The summed E-state index contributed by atoms with van der Waals surface area (Å²) in [5, 5.41) is 6.97. The lowest BCUT2D eigenvalue weighted by molar-refractivity contribution is 0.00246. The van der Waals surface area contributed by atoms with Crippen LogP contribution in [0.4, 0.5) is 0 Å². The van der Waals surface area contributed by atoms with Crippen molar-refractivity contribution in [2.75, 3.05) is 53.1 Å². The number of ether oxygens (including phenoxy) is 2. The van der Waals surface area contributed by atoms with E-state index < -0.39 is 0 Å². The highest BCUT2D eigenvalue weighted by Crippen LogP contribution is 2.21. The minimum Gasteiger partial charge on any atom is -0.381 e. The zero-order valence-electron chi connectivity index (χ0n) is 16.0. The van der Waals surface area contributed by atoms with Crippen molar-refractivity contribution < 1.29 is 9.47 Å². The van der Waals surface area contributed by atoms with Crippen molar-refractivity contribution in [2.45, 2.75) is 25.9 Å². The van der Waals surface area contributed by atoms with Gasteiger partial charge in [-0.25, -0.2) is 0 Å². The average molecular weight is 361 g/mol. The Morgan fingerprint density at radius 1 is 1.19 bits per heavy atom. The van der Waals surface area contributed by atoms with Crippen LogP contribution >= 0.6 is 0 Å². The maximum absolute atomic E-state index is 5.65. The zero-order valence-corrected chi connectivity index (χ0v) is 16.0. The van der Waals surface area contributed by atoms with E-state index in [9.17, 15) is 0 Å². The highest BCUT2D eigenvalue weighted by molar-refractivity contribution is 5.79. The number of nitrogens with zero attached hydrogens (tertiary/aromatic N) is 2. The number of nitrogens with one attached hydrogen (secondary N) is 2.